The fraction of sp³-hybridized carbons (Fsp3) is 0.310. The molecule has 0 saturated heterocycles. The largest absolute Gasteiger partial charge is 0.382 e. The van der Waals surface area contributed by atoms with Crippen LogP contribution in [0.4, 0.5) is 5.69 Å². The van der Waals surface area contributed by atoms with E-state index in [0.29, 0.717) is 46.7 Å². The van der Waals surface area contributed by atoms with Crippen LogP contribution in [0.2, 0.25) is 10.0 Å². The van der Waals surface area contributed by atoms with Crippen molar-refractivity contribution in [3.8, 4) is 0 Å². The van der Waals surface area contributed by atoms with Crippen LogP contribution in [0.15, 0.2) is 60.7 Å². The van der Waals surface area contributed by atoms with Crippen LogP contribution in [0.3, 0.4) is 0 Å². The first-order chi connectivity index (χ1) is 18.2. The highest BCUT2D eigenvalue weighted by Gasteiger charge is 2.43. The molecule has 0 radical (unpaired) electrons. The highest BCUT2D eigenvalue weighted by Crippen LogP contribution is 2.41. The number of carbonyl (C=O) groups excluding carboxylic acids is 2. The molecule has 2 atom stereocenters. The first-order valence-corrected chi connectivity index (χ1v) is 14.1. The molecular weight excluding hydrogens is 638 g/mol. The Kier molecular flexibility index (Phi) is 9.70. The van der Waals surface area contributed by atoms with Crippen LogP contribution < -0.4 is 4.90 Å². The monoisotopic (exact) mass is 666 g/mol. The lowest BCUT2D eigenvalue weighted by Crippen LogP contribution is -2.44. The van der Waals surface area contributed by atoms with Gasteiger partial charge in [-0.15, -0.1) is 0 Å². The van der Waals surface area contributed by atoms with Crippen molar-refractivity contribution in [1.82, 2.24) is 4.90 Å². The van der Waals surface area contributed by atoms with Crippen molar-refractivity contribution in [3.63, 3.8) is 0 Å². The van der Waals surface area contributed by atoms with Gasteiger partial charge in [-0.25, -0.2) is 0 Å². The lowest BCUT2D eigenvalue weighted by molar-refractivity contribution is -0.124. The van der Waals surface area contributed by atoms with Crippen LogP contribution >= 0.6 is 45.8 Å². The number of aryl methyl sites for hydroxylation is 1. The van der Waals surface area contributed by atoms with Crippen molar-refractivity contribution in [2.24, 2.45) is 0 Å². The standard InChI is InChI=1S/C29H29Cl2IN2O4/c1-18-16-22(31)8-10-24(18)19(2)34-27(20-4-6-21(30)7-5-20)29(36)33(12-13-38-15-14-37-3)26-11-9-23(32)17-25(26)28(34)35/h4-11,16-17,19,27H,12-15H2,1-3H3/t19-,27+/m1/s1. The molecule has 0 N–H and O–H groups in total. The summed E-state index contributed by atoms with van der Waals surface area (Å²) in [6.45, 7) is 5.36. The van der Waals surface area contributed by atoms with Crippen LogP contribution in [0, 0.1) is 10.5 Å². The van der Waals surface area contributed by atoms with E-state index in [1.165, 1.54) is 0 Å². The Morgan fingerprint density at radius 3 is 2.34 bits per heavy atom. The second kappa shape index (κ2) is 12.8. The number of carbonyl (C=O) groups is 2. The Morgan fingerprint density at radius 1 is 0.947 bits per heavy atom. The Hall–Kier alpha value is -2.17. The molecule has 0 bridgehead atoms. The number of nitrogens with zero attached hydrogens (tertiary/aromatic N) is 2. The number of amides is 2. The molecule has 0 aliphatic carbocycles. The van der Waals surface area contributed by atoms with E-state index in [9.17, 15) is 9.59 Å². The first kappa shape index (κ1) is 28.8. The third-order valence-corrected chi connectivity index (χ3v) is 7.83. The number of methoxy groups -OCH3 is 1. The summed E-state index contributed by atoms with van der Waals surface area (Å²) in [5, 5.41) is 1.17. The molecule has 3 aromatic rings. The molecule has 1 aliphatic heterocycles. The second-order valence-corrected chi connectivity index (χ2v) is 11.2. The van der Waals surface area contributed by atoms with Crippen LogP contribution in [-0.4, -0.2) is 50.2 Å². The molecule has 2 amide bonds. The SMILES string of the molecule is COCCOCCN1C(=O)[C@H](c2ccc(Cl)cc2)N([C@H](C)c2ccc(Cl)cc2C)C(=O)c2cc(I)ccc21. The first-order valence-electron chi connectivity index (χ1n) is 12.2. The summed E-state index contributed by atoms with van der Waals surface area (Å²) >= 11 is 14.6. The maximum absolute atomic E-state index is 14.4. The molecule has 9 heteroatoms. The van der Waals surface area contributed by atoms with Gasteiger partial charge in [0.05, 0.1) is 37.1 Å². The minimum absolute atomic E-state index is 0.213. The number of hydrogen-bond donors (Lipinski definition) is 0. The number of rotatable bonds is 9. The van der Waals surface area contributed by atoms with Gasteiger partial charge in [-0.05, 0) is 95.6 Å². The van der Waals surface area contributed by atoms with Gasteiger partial charge in [-0.3, -0.25) is 9.59 Å². The van der Waals surface area contributed by atoms with E-state index in [4.69, 9.17) is 32.7 Å². The van der Waals surface area contributed by atoms with E-state index in [-0.39, 0.29) is 18.4 Å². The molecule has 0 saturated carbocycles. The van der Waals surface area contributed by atoms with Crippen LogP contribution in [-0.2, 0) is 14.3 Å². The summed E-state index contributed by atoms with van der Waals surface area (Å²) in [5.74, 6) is -0.439. The number of hydrogen-bond acceptors (Lipinski definition) is 4. The Balaban J connectivity index is 1.86. The van der Waals surface area contributed by atoms with Crippen molar-refractivity contribution >= 4 is 63.3 Å². The Morgan fingerprint density at radius 2 is 1.66 bits per heavy atom. The smallest absolute Gasteiger partial charge is 0.257 e. The maximum atomic E-state index is 14.4. The zero-order chi connectivity index (χ0) is 27.4. The number of benzene rings is 3. The average molecular weight is 667 g/mol. The lowest BCUT2D eigenvalue weighted by atomic mass is 9.96. The zero-order valence-electron chi connectivity index (χ0n) is 21.4. The summed E-state index contributed by atoms with van der Waals surface area (Å²) in [6, 6.07) is 17.0. The van der Waals surface area contributed by atoms with Gasteiger partial charge in [0.15, 0.2) is 0 Å². The summed E-state index contributed by atoms with van der Waals surface area (Å²) < 4.78 is 11.7. The van der Waals surface area contributed by atoms with Gasteiger partial charge in [0.1, 0.15) is 6.04 Å². The highest BCUT2D eigenvalue weighted by atomic mass is 127. The predicted molar refractivity (Wildman–Crippen MR) is 159 cm³/mol. The molecule has 38 heavy (non-hydrogen) atoms. The topological polar surface area (TPSA) is 59.1 Å². The molecule has 0 unspecified atom stereocenters. The van der Waals surface area contributed by atoms with E-state index in [1.54, 1.807) is 41.2 Å². The molecule has 3 aromatic carbocycles. The van der Waals surface area contributed by atoms with Gasteiger partial charge in [-0.2, -0.15) is 0 Å². The van der Waals surface area contributed by atoms with Gasteiger partial charge < -0.3 is 19.3 Å². The number of halogens is 3. The third-order valence-electron chi connectivity index (χ3n) is 6.67. The van der Waals surface area contributed by atoms with Gasteiger partial charge in [-0.1, -0.05) is 41.4 Å². The Bertz CT molecular complexity index is 1320. The molecule has 0 aromatic heterocycles. The van der Waals surface area contributed by atoms with Gasteiger partial charge in [0.25, 0.3) is 11.8 Å². The minimum atomic E-state index is -0.881. The molecule has 0 spiro atoms. The fourth-order valence-corrected chi connectivity index (χ4v) is 5.64. The number of anilines is 1. The molecule has 0 fully saturated rings. The maximum Gasteiger partial charge on any atom is 0.257 e. The molecular formula is C29H29Cl2IN2O4. The highest BCUT2D eigenvalue weighted by molar-refractivity contribution is 14.1. The molecule has 200 valence electrons. The minimum Gasteiger partial charge on any atom is -0.382 e. The lowest BCUT2D eigenvalue weighted by Gasteiger charge is -2.36. The summed E-state index contributed by atoms with van der Waals surface area (Å²) in [6.07, 6.45) is 0. The predicted octanol–water partition coefficient (Wildman–Crippen LogP) is 6.86. The molecule has 4 rings (SSSR count). The van der Waals surface area contributed by atoms with E-state index in [0.717, 1.165) is 14.7 Å². The van der Waals surface area contributed by atoms with Crippen molar-refractivity contribution in [2.75, 3.05) is 38.4 Å². The molecule has 6 nitrogen and oxygen atoms in total. The van der Waals surface area contributed by atoms with Crippen molar-refractivity contribution in [2.45, 2.75) is 25.9 Å². The average Bonchev–Trinajstić information content (AvgIpc) is 2.97. The second-order valence-electron chi connectivity index (χ2n) is 9.10. The van der Waals surface area contributed by atoms with E-state index in [2.05, 4.69) is 22.6 Å². The van der Waals surface area contributed by atoms with Gasteiger partial charge in [0.2, 0.25) is 0 Å². The van der Waals surface area contributed by atoms with Crippen molar-refractivity contribution in [3.05, 3.63) is 96.5 Å². The zero-order valence-corrected chi connectivity index (χ0v) is 25.1. The number of ether oxygens (including phenoxy) is 2. The normalized spacial score (nSPS) is 16.4. The van der Waals surface area contributed by atoms with Crippen LogP contribution in [0.5, 0.6) is 0 Å². The van der Waals surface area contributed by atoms with Crippen LogP contribution in [0.1, 0.15) is 46.1 Å². The molecule has 1 aliphatic rings. The summed E-state index contributed by atoms with van der Waals surface area (Å²) in [7, 11) is 1.61. The molecule has 1 heterocycles. The van der Waals surface area contributed by atoms with E-state index < -0.39 is 12.1 Å². The number of fused-ring (bicyclic) bond motifs is 1. The van der Waals surface area contributed by atoms with Crippen molar-refractivity contribution < 1.29 is 19.1 Å². The quantitative estimate of drug-likeness (QED) is 0.185. The Labute approximate surface area is 246 Å². The third kappa shape index (κ3) is 6.18. The van der Waals surface area contributed by atoms with E-state index >= 15 is 0 Å². The van der Waals surface area contributed by atoms with Gasteiger partial charge in [0, 0.05) is 27.3 Å². The van der Waals surface area contributed by atoms with Crippen molar-refractivity contribution in [1.29, 1.82) is 0 Å². The van der Waals surface area contributed by atoms with Crippen LogP contribution in [0.25, 0.3) is 0 Å². The summed E-state index contributed by atoms with van der Waals surface area (Å²) in [4.78, 5) is 32.2. The van der Waals surface area contributed by atoms with Gasteiger partial charge >= 0.3 is 0 Å². The summed E-state index contributed by atoms with van der Waals surface area (Å²) in [5.41, 5.74) is 3.57. The fourth-order valence-electron chi connectivity index (χ4n) is 4.79. The van der Waals surface area contributed by atoms with E-state index in [1.807, 2.05) is 50.2 Å².